The first-order valence-electron chi connectivity index (χ1n) is 6.83. The molecule has 124 valence electrons. The molecule has 3 rings (SSSR count). The molecule has 3 heterocycles. The van der Waals surface area contributed by atoms with Crippen molar-refractivity contribution in [3.8, 4) is 0 Å². The van der Waals surface area contributed by atoms with Gasteiger partial charge in [0.2, 0.25) is 0 Å². The van der Waals surface area contributed by atoms with Crippen LogP contribution in [0, 0.1) is 0 Å². The van der Waals surface area contributed by atoms with E-state index in [1.165, 1.54) is 22.3 Å². The molecule has 0 N–H and O–H groups in total. The van der Waals surface area contributed by atoms with Crippen LogP contribution < -0.4 is 0 Å². The van der Waals surface area contributed by atoms with E-state index in [2.05, 4.69) is 10.1 Å². The lowest BCUT2D eigenvalue weighted by Crippen LogP contribution is -2.42. The Morgan fingerprint density at radius 2 is 2.30 bits per heavy atom. The molecule has 0 aliphatic carbocycles. The maximum Gasteiger partial charge on any atom is 0.408 e. The van der Waals surface area contributed by atoms with Crippen molar-refractivity contribution in [2.24, 2.45) is 0 Å². The molecule has 0 aromatic carbocycles. The number of thiazole rings is 1. The zero-order valence-electron chi connectivity index (χ0n) is 11.9. The van der Waals surface area contributed by atoms with Crippen LogP contribution in [0.5, 0.6) is 0 Å². The van der Waals surface area contributed by atoms with Gasteiger partial charge in [0.1, 0.15) is 23.4 Å². The second-order valence-electron chi connectivity index (χ2n) is 4.99. The van der Waals surface area contributed by atoms with Gasteiger partial charge in [-0.05, 0) is 6.07 Å². The average molecular weight is 346 g/mol. The van der Waals surface area contributed by atoms with E-state index in [0.717, 1.165) is 11.2 Å². The third-order valence-corrected chi connectivity index (χ3v) is 4.15. The summed E-state index contributed by atoms with van der Waals surface area (Å²) in [6, 6.07) is 1.29. The van der Waals surface area contributed by atoms with Crippen LogP contribution in [0.15, 0.2) is 23.8 Å². The molecule has 23 heavy (non-hydrogen) atoms. The van der Waals surface area contributed by atoms with E-state index >= 15 is 0 Å². The predicted octanol–water partition coefficient (Wildman–Crippen LogP) is 2.12. The van der Waals surface area contributed by atoms with Gasteiger partial charge in [-0.1, -0.05) is 0 Å². The van der Waals surface area contributed by atoms with Gasteiger partial charge in [0.05, 0.1) is 13.2 Å². The van der Waals surface area contributed by atoms with E-state index in [9.17, 15) is 18.0 Å². The SMILES string of the molecule is O=C(c1ccn(CC(F)(F)F)n1)N1CCOC(c2nccs2)C1. The Morgan fingerprint density at radius 3 is 3.00 bits per heavy atom. The summed E-state index contributed by atoms with van der Waals surface area (Å²) >= 11 is 1.43. The smallest absolute Gasteiger partial charge is 0.367 e. The highest BCUT2D eigenvalue weighted by Gasteiger charge is 2.31. The first kappa shape index (κ1) is 15.9. The normalized spacial score (nSPS) is 19.1. The summed E-state index contributed by atoms with van der Waals surface area (Å²) in [7, 11) is 0. The Hall–Kier alpha value is -1.94. The minimum Gasteiger partial charge on any atom is -0.367 e. The van der Waals surface area contributed by atoms with Crippen molar-refractivity contribution in [3.05, 3.63) is 34.5 Å². The molecule has 1 amide bonds. The second-order valence-corrected chi connectivity index (χ2v) is 5.92. The molecular formula is C13H13F3N4O2S. The van der Waals surface area contributed by atoms with E-state index in [4.69, 9.17) is 4.74 Å². The number of hydrogen-bond donors (Lipinski definition) is 0. The Balaban J connectivity index is 1.68. The molecular weight excluding hydrogens is 333 g/mol. The molecule has 0 radical (unpaired) electrons. The molecule has 1 atom stereocenters. The van der Waals surface area contributed by atoms with Crippen molar-refractivity contribution < 1.29 is 22.7 Å². The van der Waals surface area contributed by atoms with Gasteiger partial charge in [0, 0.05) is 24.3 Å². The van der Waals surface area contributed by atoms with Gasteiger partial charge >= 0.3 is 6.18 Å². The fourth-order valence-corrected chi connectivity index (χ4v) is 2.96. The van der Waals surface area contributed by atoms with Crippen LogP contribution in [-0.2, 0) is 11.3 Å². The Morgan fingerprint density at radius 1 is 1.48 bits per heavy atom. The fourth-order valence-electron chi connectivity index (χ4n) is 2.29. The molecule has 1 unspecified atom stereocenters. The number of ether oxygens (including phenoxy) is 1. The maximum absolute atomic E-state index is 12.4. The summed E-state index contributed by atoms with van der Waals surface area (Å²) in [6.07, 6.45) is -1.88. The van der Waals surface area contributed by atoms with Gasteiger partial charge in [0.25, 0.3) is 5.91 Å². The third kappa shape index (κ3) is 3.88. The summed E-state index contributed by atoms with van der Waals surface area (Å²) in [6.45, 7) is -0.199. The summed E-state index contributed by atoms with van der Waals surface area (Å²) in [5.41, 5.74) is -0.00552. The van der Waals surface area contributed by atoms with E-state index in [0.29, 0.717) is 24.4 Å². The molecule has 2 aromatic heterocycles. The zero-order chi connectivity index (χ0) is 16.4. The molecule has 0 bridgehead atoms. The molecule has 0 saturated carbocycles. The third-order valence-electron chi connectivity index (χ3n) is 3.28. The van der Waals surface area contributed by atoms with Gasteiger partial charge in [-0.2, -0.15) is 18.3 Å². The van der Waals surface area contributed by atoms with Gasteiger partial charge in [0.15, 0.2) is 0 Å². The number of carbonyl (C=O) groups excluding carboxylic acids is 1. The number of alkyl halides is 3. The summed E-state index contributed by atoms with van der Waals surface area (Å²) in [5.74, 6) is -0.407. The Kier molecular flexibility index (Phi) is 4.35. The monoisotopic (exact) mass is 346 g/mol. The highest BCUT2D eigenvalue weighted by Crippen LogP contribution is 2.24. The number of halogens is 3. The lowest BCUT2D eigenvalue weighted by Gasteiger charge is -2.31. The van der Waals surface area contributed by atoms with Crippen LogP contribution in [-0.4, -0.2) is 51.4 Å². The topological polar surface area (TPSA) is 60.2 Å². The van der Waals surface area contributed by atoms with Crippen LogP contribution in [0.1, 0.15) is 21.6 Å². The van der Waals surface area contributed by atoms with Gasteiger partial charge in [-0.3, -0.25) is 9.48 Å². The van der Waals surface area contributed by atoms with E-state index in [1.54, 1.807) is 6.20 Å². The Bertz CT molecular complexity index is 671. The van der Waals surface area contributed by atoms with Crippen LogP contribution >= 0.6 is 11.3 Å². The zero-order valence-corrected chi connectivity index (χ0v) is 12.7. The molecule has 1 fully saturated rings. The van der Waals surface area contributed by atoms with Crippen molar-refractivity contribution in [3.63, 3.8) is 0 Å². The largest absolute Gasteiger partial charge is 0.408 e. The van der Waals surface area contributed by atoms with E-state index in [1.807, 2.05) is 5.38 Å². The average Bonchev–Trinajstić information content (AvgIpc) is 3.16. The molecule has 1 aliphatic heterocycles. The van der Waals surface area contributed by atoms with Gasteiger partial charge < -0.3 is 9.64 Å². The van der Waals surface area contributed by atoms with Crippen molar-refractivity contribution in [2.75, 3.05) is 19.7 Å². The summed E-state index contributed by atoms with van der Waals surface area (Å²) in [5, 5.41) is 6.30. The van der Waals surface area contributed by atoms with Gasteiger partial charge in [-0.15, -0.1) is 11.3 Å². The van der Waals surface area contributed by atoms with Gasteiger partial charge in [-0.25, -0.2) is 4.98 Å². The number of hydrogen-bond acceptors (Lipinski definition) is 5. The predicted molar refractivity (Wildman–Crippen MR) is 75.0 cm³/mol. The minimum atomic E-state index is -4.37. The van der Waals surface area contributed by atoms with Crippen LogP contribution in [0.25, 0.3) is 0 Å². The minimum absolute atomic E-state index is 0.00552. The molecule has 6 nitrogen and oxygen atoms in total. The first-order valence-corrected chi connectivity index (χ1v) is 7.71. The van der Waals surface area contributed by atoms with E-state index < -0.39 is 18.6 Å². The molecule has 0 spiro atoms. The number of carbonyl (C=O) groups is 1. The first-order chi connectivity index (χ1) is 10.9. The fraction of sp³-hybridized carbons (Fsp3) is 0.462. The van der Waals surface area contributed by atoms with Crippen molar-refractivity contribution in [1.82, 2.24) is 19.7 Å². The summed E-state index contributed by atoms with van der Waals surface area (Å²) < 4.78 is 43.3. The standard InChI is InChI=1S/C13H13F3N4O2S/c14-13(15,16)8-20-3-1-9(18-20)12(21)19-4-5-22-10(7-19)11-17-2-6-23-11/h1-3,6,10H,4-5,7-8H2. The lowest BCUT2D eigenvalue weighted by molar-refractivity contribution is -0.142. The summed E-state index contributed by atoms with van der Waals surface area (Å²) in [4.78, 5) is 18.1. The lowest BCUT2D eigenvalue weighted by atomic mass is 10.2. The maximum atomic E-state index is 12.4. The molecule has 2 aromatic rings. The molecule has 1 saturated heterocycles. The van der Waals surface area contributed by atoms with Crippen LogP contribution in [0.3, 0.4) is 0 Å². The molecule has 1 aliphatic rings. The highest BCUT2D eigenvalue weighted by molar-refractivity contribution is 7.09. The highest BCUT2D eigenvalue weighted by atomic mass is 32.1. The van der Waals surface area contributed by atoms with E-state index in [-0.39, 0.29) is 11.8 Å². The van der Waals surface area contributed by atoms with Crippen LogP contribution in [0.4, 0.5) is 13.2 Å². The van der Waals surface area contributed by atoms with Crippen LogP contribution in [0.2, 0.25) is 0 Å². The number of aromatic nitrogens is 3. The number of rotatable bonds is 3. The number of nitrogens with zero attached hydrogens (tertiary/aromatic N) is 4. The quantitative estimate of drug-likeness (QED) is 0.854. The second kappa shape index (κ2) is 6.28. The number of amides is 1. The van der Waals surface area contributed by atoms with Crippen molar-refractivity contribution in [1.29, 1.82) is 0 Å². The Labute approximate surface area is 133 Å². The van der Waals surface area contributed by atoms with Crippen molar-refractivity contribution >= 4 is 17.2 Å². The molecule has 10 heteroatoms. The van der Waals surface area contributed by atoms with Crippen molar-refractivity contribution in [2.45, 2.75) is 18.8 Å². The number of morpholine rings is 1.